The second kappa shape index (κ2) is 58.8. The van der Waals surface area contributed by atoms with E-state index in [1.165, 1.54) is 51.4 Å². The highest BCUT2D eigenvalue weighted by molar-refractivity contribution is 5.71. The van der Waals surface area contributed by atoms with Gasteiger partial charge >= 0.3 is 17.9 Å². The predicted molar refractivity (Wildman–Crippen MR) is 315 cm³/mol. The molecule has 1 atom stereocenters. The van der Waals surface area contributed by atoms with Crippen LogP contribution in [-0.2, 0) is 28.6 Å². The van der Waals surface area contributed by atoms with Gasteiger partial charge in [0.15, 0.2) is 6.10 Å². The lowest BCUT2D eigenvalue weighted by molar-refractivity contribution is -0.167. The number of carbonyl (C=O) groups is 3. The summed E-state index contributed by atoms with van der Waals surface area (Å²) in [4.78, 5) is 38.2. The van der Waals surface area contributed by atoms with Gasteiger partial charge in [0.2, 0.25) is 0 Å². The Hall–Kier alpha value is -5.75. The Bertz CT molecular complexity index is 1810. The Morgan fingerprint density at radius 3 is 0.959 bits per heavy atom. The lowest BCUT2D eigenvalue weighted by Crippen LogP contribution is -2.30. The van der Waals surface area contributed by atoms with Gasteiger partial charge in [0.25, 0.3) is 0 Å². The zero-order valence-corrected chi connectivity index (χ0v) is 45.8. The van der Waals surface area contributed by atoms with E-state index in [1.54, 1.807) is 0 Å². The third kappa shape index (κ3) is 57.0. The highest BCUT2D eigenvalue weighted by Crippen LogP contribution is 2.13. The quantitative estimate of drug-likeness (QED) is 0.0199. The van der Waals surface area contributed by atoms with Gasteiger partial charge in [-0.25, -0.2) is 0 Å². The van der Waals surface area contributed by atoms with Crippen molar-refractivity contribution in [1.82, 2.24) is 0 Å². The summed E-state index contributed by atoms with van der Waals surface area (Å²) in [6.07, 6.45) is 89.7. The summed E-state index contributed by atoms with van der Waals surface area (Å²) in [6.45, 7) is 6.21. The lowest BCUT2D eigenvalue weighted by Gasteiger charge is -2.18. The van der Waals surface area contributed by atoms with Crippen molar-refractivity contribution in [3.8, 4) is 0 Å². The monoisotopic (exact) mass is 999 g/mol. The van der Waals surface area contributed by atoms with Crippen molar-refractivity contribution in [3.63, 3.8) is 0 Å². The maximum absolute atomic E-state index is 12.9. The molecule has 0 aromatic heterocycles. The summed E-state index contributed by atoms with van der Waals surface area (Å²) in [7, 11) is 0. The van der Waals surface area contributed by atoms with Crippen molar-refractivity contribution in [2.24, 2.45) is 0 Å². The molecule has 0 saturated carbocycles. The molecular weight excluding hydrogens is 901 g/mol. The fourth-order valence-corrected chi connectivity index (χ4v) is 6.79. The van der Waals surface area contributed by atoms with Crippen LogP contribution < -0.4 is 0 Å². The van der Waals surface area contributed by atoms with Crippen LogP contribution in [0.5, 0.6) is 0 Å². The minimum Gasteiger partial charge on any atom is -0.462 e. The van der Waals surface area contributed by atoms with Crippen molar-refractivity contribution in [3.05, 3.63) is 194 Å². The Balaban J connectivity index is 4.67. The number of esters is 3. The van der Waals surface area contributed by atoms with Crippen molar-refractivity contribution in [2.45, 2.75) is 194 Å². The maximum atomic E-state index is 12.9. The van der Waals surface area contributed by atoms with Gasteiger partial charge in [0.05, 0.1) is 0 Å². The van der Waals surface area contributed by atoms with E-state index in [2.05, 4.69) is 69.4 Å². The van der Waals surface area contributed by atoms with Gasteiger partial charge in [0.1, 0.15) is 13.2 Å². The third-order valence-electron chi connectivity index (χ3n) is 11.0. The second-order valence-corrected chi connectivity index (χ2v) is 17.7. The summed E-state index contributed by atoms with van der Waals surface area (Å²) in [6, 6.07) is 0. The average molecular weight is 1000 g/mol. The molecule has 1 unspecified atom stereocenters. The van der Waals surface area contributed by atoms with Gasteiger partial charge in [-0.1, -0.05) is 273 Å². The Kier molecular flexibility index (Phi) is 54.2. The van der Waals surface area contributed by atoms with Gasteiger partial charge in [-0.3, -0.25) is 14.4 Å². The van der Waals surface area contributed by atoms with Gasteiger partial charge < -0.3 is 14.2 Å². The van der Waals surface area contributed by atoms with Crippen LogP contribution in [0.4, 0.5) is 0 Å². The predicted octanol–water partition coefficient (Wildman–Crippen LogP) is 19.1. The van der Waals surface area contributed by atoms with Crippen molar-refractivity contribution in [1.29, 1.82) is 0 Å². The largest absolute Gasteiger partial charge is 0.462 e. The molecule has 0 aromatic carbocycles. The van der Waals surface area contributed by atoms with Crippen molar-refractivity contribution < 1.29 is 28.6 Å². The topological polar surface area (TPSA) is 78.9 Å². The van der Waals surface area contributed by atoms with Crippen LogP contribution in [0, 0.1) is 0 Å². The normalized spacial score (nSPS) is 13.6. The number of ether oxygens (including phenoxy) is 3. The first-order valence-corrected chi connectivity index (χ1v) is 28.1. The van der Waals surface area contributed by atoms with Gasteiger partial charge in [-0.05, 0) is 89.9 Å². The van der Waals surface area contributed by atoms with Crippen LogP contribution in [0.25, 0.3) is 0 Å². The molecule has 0 aliphatic heterocycles. The molecule has 0 spiro atoms. The summed E-state index contributed by atoms with van der Waals surface area (Å²) < 4.78 is 16.8. The molecule has 6 nitrogen and oxygen atoms in total. The SMILES string of the molecule is CC\C=C/C=C\C=C/C=C\C=C\C=C/C=C\CCCCCC(=O)OCC(COC(=O)CCCCCCCCC/C=C\C/C=C\CCCCC)OC(=O)CCCCC\C=C/C=C\C=C\C=C/C=C\C=C/C=C\CC. The molecule has 0 amide bonds. The highest BCUT2D eigenvalue weighted by atomic mass is 16.6. The molecule has 0 aromatic rings. The number of hydrogen-bond acceptors (Lipinski definition) is 6. The van der Waals surface area contributed by atoms with E-state index in [1.807, 2.05) is 146 Å². The average Bonchev–Trinajstić information content (AvgIpc) is 3.39. The number of carbonyl (C=O) groups excluding carboxylic acids is 3. The van der Waals surface area contributed by atoms with Gasteiger partial charge in [-0.2, -0.15) is 0 Å². The van der Waals surface area contributed by atoms with Gasteiger partial charge in [0, 0.05) is 19.3 Å². The van der Waals surface area contributed by atoms with Crippen molar-refractivity contribution >= 4 is 17.9 Å². The molecule has 0 bridgehead atoms. The maximum Gasteiger partial charge on any atom is 0.306 e. The first kappa shape index (κ1) is 67.2. The second-order valence-electron chi connectivity index (χ2n) is 17.7. The van der Waals surface area contributed by atoms with Crippen LogP contribution in [0.15, 0.2) is 194 Å². The summed E-state index contributed by atoms with van der Waals surface area (Å²) >= 11 is 0. The molecule has 402 valence electrons. The summed E-state index contributed by atoms with van der Waals surface area (Å²) in [5, 5.41) is 0. The van der Waals surface area contributed by atoms with E-state index in [0.717, 1.165) is 83.5 Å². The Morgan fingerprint density at radius 1 is 0.301 bits per heavy atom. The van der Waals surface area contributed by atoms with E-state index in [0.29, 0.717) is 19.3 Å². The molecule has 6 heteroatoms. The summed E-state index contributed by atoms with van der Waals surface area (Å²) in [5.74, 6) is -1.04. The minimum atomic E-state index is -0.839. The molecule has 0 N–H and O–H groups in total. The lowest BCUT2D eigenvalue weighted by atomic mass is 10.1. The zero-order valence-electron chi connectivity index (χ0n) is 45.8. The molecule has 0 aliphatic carbocycles. The van der Waals surface area contributed by atoms with E-state index >= 15 is 0 Å². The summed E-state index contributed by atoms with van der Waals surface area (Å²) in [5.41, 5.74) is 0. The Morgan fingerprint density at radius 2 is 0.589 bits per heavy atom. The molecule has 0 rings (SSSR count). The van der Waals surface area contributed by atoms with Crippen LogP contribution in [-0.4, -0.2) is 37.2 Å². The highest BCUT2D eigenvalue weighted by Gasteiger charge is 2.19. The molecule has 73 heavy (non-hydrogen) atoms. The molecule has 0 heterocycles. The first-order chi connectivity index (χ1) is 36.0. The van der Waals surface area contributed by atoms with E-state index in [4.69, 9.17) is 14.2 Å². The molecule has 0 fully saturated rings. The van der Waals surface area contributed by atoms with Crippen LogP contribution >= 0.6 is 0 Å². The fourth-order valence-electron chi connectivity index (χ4n) is 6.79. The number of allylic oxidation sites excluding steroid dienone is 32. The van der Waals surface area contributed by atoms with Gasteiger partial charge in [-0.15, -0.1) is 0 Å². The molecular formula is C67H98O6. The van der Waals surface area contributed by atoms with E-state index < -0.39 is 6.10 Å². The standard InChI is InChI=1S/C67H98O6/c1-4-7-10-13-16-19-22-25-28-31-33-36-39-42-45-48-51-54-57-60-66(69)72-63-64(62-71-65(68)59-56-53-50-47-44-41-38-35-30-27-24-21-18-15-12-9-6-3)73-67(70)61-58-55-52-49-46-43-40-37-34-32-29-26-23-20-17-14-11-8-5-2/h7-8,10-11,13-14,16-23,25-34,36-37,39-40,42-43,45-46,64H,4-6,9,12,15,24,35,38,41,44,47-63H2,1-3H3/b10-7-,11-8-,16-13-,17-14-,21-18-,22-19-,23-20-,28-25-,29-26-,30-27-,33-31+,34-32+,39-36-,40-37-,45-42-,46-43-. The third-order valence-corrected chi connectivity index (χ3v) is 11.0. The zero-order chi connectivity index (χ0) is 52.9. The van der Waals surface area contributed by atoms with Crippen LogP contribution in [0.3, 0.4) is 0 Å². The number of hydrogen-bond donors (Lipinski definition) is 0. The van der Waals surface area contributed by atoms with Crippen LogP contribution in [0.2, 0.25) is 0 Å². The number of unbranched alkanes of at least 4 members (excludes halogenated alkanes) is 16. The van der Waals surface area contributed by atoms with E-state index in [-0.39, 0.29) is 44.0 Å². The number of rotatable bonds is 47. The molecule has 0 radical (unpaired) electrons. The minimum absolute atomic E-state index is 0.128. The smallest absolute Gasteiger partial charge is 0.306 e. The van der Waals surface area contributed by atoms with Crippen molar-refractivity contribution in [2.75, 3.05) is 13.2 Å². The molecule has 0 aliphatic rings. The Labute approximate surface area is 446 Å². The first-order valence-electron chi connectivity index (χ1n) is 28.1. The van der Waals surface area contributed by atoms with Crippen LogP contribution in [0.1, 0.15) is 188 Å². The molecule has 0 saturated heterocycles. The fraction of sp³-hybridized carbons (Fsp3) is 0.478. The van der Waals surface area contributed by atoms with E-state index in [9.17, 15) is 14.4 Å².